The molecule has 9 heteroatoms. The smallest absolute Gasteiger partial charge is 0.257 e. The maximum atomic E-state index is 13.1. The van der Waals surface area contributed by atoms with Gasteiger partial charge < -0.3 is 9.09 Å². The highest BCUT2D eigenvalue weighted by Crippen LogP contribution is 2.26. The molecule has 3 aromatic heterocycles. The molecular formula is C19H17FN6OS. The molecule has 0 aliphatic heterocycles. The summed E-state index contributed by atoms with van der Waals surface area (Å²) in [6.45, 7) is 2.92. The molecule has 0 aliphatic carbocycles. The molecule has 0 aliphatic rings. The van der Waals surface area contributed by atoms with Crippen LogP contribution < -0.4 is 0 Å². The lowest BCUT2D eigenvalue weighted by Gasteiger charge is -2.07. The second-order valence-corrected chi connectivity index (χ2v) is 6.95. The summed E-state index contributed by atoms with van der Waals surface area (Å²) in [5, 5.41) is 13.5. The third kappa shape index (κ3) is 3.94. The first-order valence-electron chi connectivity index (χ1n) is 8.79. The molecule has 28 heavy (non-hydrogen) atoms. The van der Waals surface area contributed by atoms with Crippen LogP contribution in [0.2, 0.25) is 0 Å². The Morgan fingerprint density at radius 3 is 2.57 bits per heavy atom. The lowest BCUT2D eigenvalue weighted by atomic mass is 10.2. The molecule has 0 fully saturated rings. The summed E-state index contributed by atoms with van der Waals surface area (Å²) >= 11 is 1.50. The molecule has 4 aromatic rings. The number of hydrogen-bond acceptors (Lipinski definition) is 7. The van der Waals surface area contributed by atoms with Gasteiger partial charge in [-0.2, -0.15) is 4.98 Å². The predicted molar refractivity (Wildman–Crippen MR) is 103 cm³/mol. The van der Waals surface area contributed by atoms with Crippen LogP contribution in [0.15, 0.2) is 58.5 Å². The minimum Gasteiger partial charge on any atom is -0.334 e. The lowest BCUT2D eigenvalue weighted by molar-refractivity contribution is 0.425. The highest BCUT2D eigenvalue weighted by molar-refractivity contribution is 7.98. The van der Waals surface area contributed by atoms with Crippen LogP contribution in [0.4, 0.5) is 4.39 Å². The summed E-state index contributed by atoms with van der Waals surface area (Å²) in [6, 6.07) is 9.78. The van der Waals surface area contributed by atoms with Gasteiger partial charge in [-0.1, -0.05) is 23.8 Å². The molecule has 0 N–H and O–H groups in total. The largest absolute Gasteiger partial charge is 0.334 e. The van der Waals surface area contributed by atoms with E-state index in [1.165, 1.54) is 23.9 Å². The van der Waals surface area contributed by atoms with E-state index in [1.807, 2.05) is 12.1 Å². The average molecular weight is 396 g/mol. The fraction of sp³-hybridized carbons (Fsp3) is 0.211. The SMILES string of the molecule is CCCn1c(SCc2noc(-c3ccc(F)cc3)n2)nnc1-c1ccncc1. The molecule has 0 saturated heterocycles. The Hall–Kier alpha value is -3.07. The second kappa shape index (κ2) is 8.30. The number of pyridine rings is 1. The lowest BCUT2D eigenvalue weighted by Crippen LogP contribution is -2.02. The first kappa shape index (κ1) is 18.3. The Labute approximate surface area is 165 Å². The topological polar surface area (TPSA) is 82.5 Å². The van der Waals surface area contributed by atoms with Crippen LogP contribution in [0.1, 0.15) is 19.2 Å². The molecule has 0 radical (unpaired) electrons. The summed E-state index contributed by atoms with van der Waals surface area (Å²) in [4.78, 5) is 8.43. The number of halogens is 1. The van der Waals surface area contributed by atoms with Gasteiger partial charge in [-0.15, -0.1) is 10.2 Å². The number of hydrogen-bond donors (Lipinski definition) is 0. The first-order valence-corrected chi connectivity index (χ1v) is 9.78. The Morgan fingerprint density at radius 1 is 1.04 bits per heavy atom. The normalized spacial score (nSPS) is 11.1. The molecular weight excluding hydrogens is 379 g/mol. The molecule has 7 nitrogen and oxygen atoms in total. The first-order chi connectivity index (χ1) is 13.7. The summed E-state index contributed by atoms with van der Waals surface area (Å²) < 4.78 is 20.4. The summed E-state index contributed by atoms with van der Waals surface area (Å²) in [5.74, 6) is 1.90. The van der Waals surface area contributed by atoms with Crippen molar-refractivity contribution in [3.63, 3.8) is 0 Å². The van der Waals surface area contributed by atoms with Crippen LogP contribution in [0.5, 0.6) is 0 Å². The Balaban J connectivity index is 1.51. The van der Waals surface area contributed by atoms with Crippen LogP contribution >= 0.6 is 11.8 Å². The van der Waals surface area contributed by atoms with E-state index in [9.17, 15) is 4.39 Å². The zero-order chi connectivity index (χ0) is 19.3. The molecule has 142 valence electrons. The molecule has 0 amide bonds. The summed E-state index contributed by atoms with van der Waals surface area (Å²) in [7, 11) is 0. The standard InChI is InChI=1S/C19H17FN6OS/c1-2-11-26-17(13-7-9-21-10-8-13)23-24-19(26)28-12-16-22-18(27-25-16)14-3-5-15(20)6-4-14/h3-10H,2,11-12H2,1H3. The molecule has 0 atom stereocenters. The highest BCUT2D eigenvalue weighted by atomic mass is 32.2. The van der Waals surface area contributed by atoms with Gasteiger partial charge in [0.2, 0.25) is 0 Å². The van der Waals surface area contributed by atoms with Crippen LogP contribution in [0, 0.1) is 5.82 Å². The third-order valence-corrected chi connectivity index (χ3v) is 4.95. The van der Waals surface area contributed by atoms with Crippen molar-refractivity contribution in [2.45, 2.75) is 30.8 Å². The van der Waals surface area contributed by atoms with E-state index < -0.39 is 0 Å². The van der Waals surface area contributed by atoms with Gasteiger partial charge in [0.1, 0.15) is 5.82 Å². The van der Waals surface area contributed by atoms with E-state index in [1.54, 1.807) is 24.5 Å². The Kier molecular flexibility index (Phi) is 5.43. The van der Waals surface area contributed by atoms with Crippen LogP contribution in [0.25, 0.3) is 22.8 Å². The Bertz CT molecular complexity index is 1050. The number of benzene rings is 1. The number of aromatic nitrogens is 6. The minimum atomic E-state index is -0.306. The highest BCUT2D eigenvalue weighted by Gasteiger charge is 2.16. The fourth-order valence-corrected chi connectivity index (χ4v) is 3.49. The molecule has 0 bridgehead atoms. The van der Waals surface area contributed by atoms with E-state index in [2.05, 4.69) is 36.8 Å². The van der Waals surface area contributed by atoms with Crippen molar-refractivity contribution < 1.29 is 8.91 Å². The molecule has 0 saturated carbocycles. The van der Waals surface area contributed by atoms with Gasteiger partial charge in [-0.3, -0.25) is 4.98 Å². The fourth-order valence-electron chi connectivity index (χ4n) is 2.69. The molecule has 4 rings (SSSR count). The molecule has 0 unspecified atom stereocenters. The maximum absolute atomic E-state index is 13.1. The monoisotopic (exact) mass is 396 g/mol. The summed E-state index contributed by atoms with van der Waals surface area (Å²) in [6.07, 6.45) is 4.44. The van der Waals surface area contributed by atoms with E-state index >= 15 is 0 Å². The van der Waals surface area contributed by atoms with Crippen molar-refractivity contribution in [1.82, 2.24) is 29.9 Å². The zero-order valence-electron chi connectivity index (χ0n) is 15.1. The van der Waals surface area contributed by atoms with E-state index in [0.29, 0.717) is 23.0 Å². The van der Waals surface area contributed by atoms with Crippen molar-refractivity contribution in [2.75, 3.05) is 0 Å². The van der Waals surface area contributed by atoms with Crippen molar-refractivity contribution in [1.29, 1.82) is 0 Å². The second-order valence-electron chi connectivity index (χ2n) is 6.01. The number of nitrogens with zero attached hydrogens (tertiary/aromatic N) is 6. The van der Waals surface area contributed by atoms with Crippen LogP contribution in [-0.4, -0.2) is 29.9 Å². The number of thioether (sulfide) groups is 1. The average Bonchev–Trinajstić information content (AvgIpc) is 3.35. The molecule has 0 spiro atoms. The van der Waals surface area contributed by atoms with Gasteiger partial charge in [0.25, 0.3) is 5.89 Å². The van der Waals surface area contributed by atoms with Gasteiger partial charge in [-0.25, -0.2) is 4.39 Å². The third-order valence-electron chi connectivity index (χ3n) is 3.99. The quantitative estimate of drug-likeness (QED) is 0.432. The van der Waals surface area contributed by atoms with E-state index in [0.717, 1.165) is 29.5 Å². The van der Waals surface area contributed by atoms with Crippen LogP contribution in [-0.2, 0) is 12.3 Å². The van der Waals surface area contributed by atoms with Gasteiger partial charge in [0, 0.05) is 30.1 Å². The molecule has 1 aromatic carbocycles. The maximum Gasteiger partial charge on any atom is 0.257 e. The van der Waals surface area contributed by atoms with Gasteiger partial charge >= 0.3 is 0 Å². The van der Waals surface area contributed by atoms with Crippen molar-refractivity contribution in [3.8, 4) is 22.8 Å². The van der Waals surface area contributed by atoms with Gasteiger partial charge in [-0.05, 0) is 42.8 Å². The Morgan fingerprint density at radius 2 is 1.82 bits per heavy atom. The zero-order valence-corrected chi connectivity index (χ0v) is 15.9. The number of rotatable bonds is 7. The minimum absolute atomic E-state index is 0.306. The van der Waals surface area contributed by atoms with Crippen molar-refractivity contribution >= 4 is 11.8 Å². The van der Waals surface area contributed by atoms with Crippen molar-refractivity contribution in [2.24, 2.45) is 0 Å². The van der Waals surface area contributed by atoms with E-state index in [4.69, 9.17) is 4.52 Å². The van der Waals surface area contributed by atoms with Crippen LogP contribution in [0.3, 0.4) is 0 Å². The predicted octanol–water partition coefficient (Wildman–Crippen LogP) is 4.23. The molecule has 3 heterocycles. The van der Waals surface area contributed by atoms with Crippen molar-refractivity contribution in [3.05, 3.63) is 60.4 Å². The van der Waals surface area contributed by atoms with E-state index in [-0.39, 0.29) is 5.82 Å². The van der Waals surface area contributed by atoms with Gasteiger partial charge in [0.05, 0.1) is 5.75 Å². The summed E-state index contributed by atoms with van der Waals surface area (Å²) in [5.41, 5.74) is 1.65. The van der Waals surface area contributed by atoms with Gasteiger partial charge in [0.15, 0.2) is 16.8 Å².